The maximum absolute atomic E-state index is 13.2. The van der Waals surface area contributed by atoms with E-state index < -0.39 is 0 Å². The molecule has 5 nitrogen and oxygen atoms in total. The smallest absolute Gasteiger partial charge is 0.227 e. The maximum Gasteiger partial charge on any atom is 0.227 e. The number of amides is 1. The topological polar surface area (TPSA) is 44.8 Å². The Morgan fingerprint density at radius 3 is 2.70 bits per heavy atom. The summed E-state index contributed by atoms with van der Waals surface area (Å²) in [6.07, 6.45) is 2.45. The van der Waals surface area contributed by atoms with Crippen LogP contribution < -0.4 is 5.32 Å². The molecule has 2 aromatic carbocycles. The zero-order valence-electron chi connectivity index (χ0n) is 19.6. The Labute approximate surface area is 208 Å². The van der Waals surface area contributed by atoms with E-state index in [1.54, 1.807) is 12.1 Å². The van der Waals surface area contributed by atoms with Gasteiger partial charge in [0.1, 0.15) is 0 Å². The number of likely N-dealkylation sites (tertiary alicyclic amines) is 1. The third-order valence-electron chi connectivity index (χ3n) is 6.12. The van der Waals surface area contributed by atoms with E-state index in [0.717, 1.165) is 63.4 Å². The lowest BCUT2D eigenvalue weighted by Crippen LogP contribution is -2.41. The summed E-state index contributed by atoms with van der Waals surface area (Å²) in [5.41, 5.74) is 2.01. The maximum atomic E-state index is 13.2. The second-order valence-corrected chi connectivity index (χ2v) is 9.48. The molecule has 0 aliphatic carbocycles. The van der Waals surface area contributed by atoms with Crippen LogP contribution in [0.5, 0.6) is 0 Å². The first-order chi connectivity index (χ1) is 16.0. The van der Waals surface area contributed by atoms with Gasteiger partial charge in [0.15, 0.2) is 0 Å². The van der Waals surface area contributed by atoms with E-state index in [0.29, 0.717) is 22.5 Å². The zero-order chi connectivity index (χ0) is 23.6. The van der Waals surface area contributed by atoms with Crippen LogP contribution in [0.15, 0.2) is 48.5 Å². The average Bonchev–Trinajstić information content (AvgIpc) is 3.27. The summed E-state index contributed by atoms with van der Waals surface area (Å²) < 4.78 is 5.58. The number of carbonyl (C=O) groups is 1. The Morgan fingerprint density at radius 2 is 1.97 bits per heavy atom. The number of hydrogen-bond donors (Lipinski definition) is 1. The van der Waals surface area contributed by atoms with Crippen LogP contribution >= 0.6 is 23.2 Å². The standard InChI is InChI=1S/C26H35Cl2N3O2/c1-3-14-33-15-12-29-22-11-13-31(18-22)19-25(21-7-5-4-6-8-21)30(2)26(32)17-20-9-10-23(27)24(28)16-20/h4-10,16,22,25,29H,3,11-15,17-19H2,1-2H3/t22-,25+/m0/s1. The second-order valence-electron chi connectivity index (χ2n) is 8.67. The first-order valence-corrected chi connectivity index (χ1v) is 12.5. The van der Waals surface area contributed by atoms with Gasteiger partial charge in [0.05, 0.1) is 29.1 Å². The largest absolute Gasteiger partial charge is 0.380 e. The number of halogens is 2. The van der Waals surface area contributed by atoms with Crippen LogP contribution in [0, 0.1) is 0 Å². The Morgan fingerprint density at radius 1 is 1.18 bits per heavy atom. The average molecular weight is 492 g/mol. The predicted molar refractivity (Wildman–Crippen MR) is 136 cm³/mol. The van der Waals surface area contributed by atoms with Crippen LogP contribution in [0.2, 0.25) is 10.0 Å². The van der Waals surface area contributed by atoms with E-state index in [1.165, 1.54) is 0 Å². The van der Waals surface area contributed by atoms with Crippen molar-refractivity contribution < 1.29 is 9.53 Å². The Balaban J connectivity index is 1.61. The highest BCUT2D eigenvalue weighted by Crippen LogP contribution is 2.26. The number of rotatable bonds is 12. The summed E-state index contributed by atoms with van der Waals surface area (Å²) in [6.45, 7) is 7.37. The molecular weight excluding hydrogens is 457 g/mol. The molecule has 1 fully saturated rings. The van der Waals surface area contributed by atoms with E-state index >= 15 is 0 Å². The summed E-state index contributed by atoms with van der Waals surface area (Å²) in [7, 11) is 1.90. The molecule has 2 atom stereocenters. The molecule has 0 unspecified atom stereocenters. The van der Waals surface area contributed by atoms with E-state index in [1.807, 2.05) is 36.2 Å². The third kappa shape index (κ3) is 7.97. The van der Waals surface area contributed by atoms with Gasteiger partial charge < -0.3 is 15.0 Å². The summed E-state index contributed by atoms with van der Waals surface area (Å²) >= 11 is 12.2. The number of likely N-dealkylation sites (N-methyl/N-ethyl adjacent to an activating group) is 1. The van der Waals surface area contributed by atoms with Crippen LogP contribution in [0.4, 0.5) is 0 Å². The molecule has 0 spiro atoms. The zero-order valence-corrected chi connectivity index (χ0v) is 21.1. The molecule has 1 amide bonds. The summed E-state index contributed by atoms with van der Waals surface area (Å²) in [4.78, 5) is 17.5. The van der Waals surface area contributed by atoms with Gasteiger partial charge in [-0.15, -0.1) is 0 Å². The molecule has 0 bridgehead atoms. The monoisotopic (exact) mass is 491 g/mol. The van der Waals surface area contributed by atoms with Crippen molar-refractivity contribution in [3.63, 3.8) is 0 Å². The van der Waals surface area contributed by atoms with Gasteiger partial charge in [-0.25, -0.2) is 0 Å². The first-order valence-electron chi connectivity index (χ1n) is 11.8. The quantitative estimate of drug-likeness (QED) is 0.432. The molecule has 3 rings (SSSR count). The van der Waals surface area contributed by atoms with Crippen molar-refractivity contribution in [1.82, 2.24) is 15.1 Å². The minimum Gasteiger partial charge on any atom is -0.380 e. The number of nitrogens with one attached hydrogen (secondary N) is 1. The van der Waals surface area contributed by atoms with E-state index in [-0.39, 0.29) is 11.9 Å². The third-order valence-corrected chi connectivity index (χ3v) is 6.86. The van der Waals surface area contributed by atoms with Crippen LogP contribution in [0.3, 0.4) is 0 Å². The van der Waals surface area contributed by atoms with Crippen LogP contribution in [0.25, 0.3) is 0 Å². The Kier molecular flexibility index (Phi) is 10.5. The molecule has 1 saturated heterocycles. The molecule has 1 N–H and O–H groups in total. The van der Waals surface area contributed by atoms with E-state index in [9.17, 15) is 4.79 Å². The molecule has 0 radical (unpaired) electrons. The molecule has 1 heterocycles. The molecule has 7 heteroatoms. The SMILES string of the molecule is CCCOCCN[C@H]1CCN(C[C@H](c2ccccc2)N(C)C(=O)Cc2ccc(Cl)c(Cl)c2)C1. The fourth-order valence-electron chi connectivity index (χ4n) is 4.24. The fourth-order valence-corrected chi connectivity index (χ4v) is 4.56. The number of carbonyl (C=O) groups excluding carboxylic acids is 1. The lowest BCUT2D eigenvalue weighted by molar-refractivity contribution is -0.131. The fraction of sp³-hybridized carbons (Fsp3) is 0.500. The van der Waals surface area contributed by atoms with Gasteiger partial charge in [0.25, 0.3) is 0 Å². The van der Waals surface area contributed by atoms with Crippen molar-refractivity contribution in [1.29, 1.82) is 0 Å². The van der Waals surface area contributed by atoms with Crippen molar-refractivity contribution in [3.05, 3.63) is 69.7 Å². The van der Waals surface area contributed by atoms with Gasteiger partial charge in [-0.05, 0) is 42.6 Å². The normalized spacial score (nSPS) is 17.3. The summed E-state index contributed by atoms with van der Waals surface area (Å²) in [5.74, 6) is 0.0594. The predicted octanol–water partition coefficient (Wildman–Crippen LogP) is 4.83. The second kappa shape index (κ2) is 13.3. The molecule has 1 aliphatic heterocycles. The van der Waals surface area contributed by atoms with Crippen molar-refractivity contribution in [2.75, 3.05) is 46.4 Å². The molecular formula is C26H35Cl2N3O2. The molecule has 33 heavy (non-hydrogen) atoms. The van der Waals surface area contributed by atoms with Gasteiger partial charge in [-0.2, -0.15) is 0 Å². The van der Waals surface area contributed by atoms with Crippen molar-refractivity contribution in [3.8, 4) is 0 Å². The van der Waals surface area contributed by atoms with Crippen LogP contribution in [0.1, 0.15) is 36.9 Å². The number of nitrogens with zero attached hydrogens (tertiary/aromatic N) is 2. The highest BCUT2D eigenvalue weighted by atomic mass is 35.5. The van der Waals surface area contributed by atoms with Crippen molar-refractivity contribution in [2.24, 2.45) is 0 Å². The number of ether oxygens (including phenoxy) is 1. The highest BCUT2D eigenvalue weighted by Gasteiger charge is 2.28. The lowest BCUT2D eigenvalue weighted by atomic mass is 10.0. The molecule has 1 aliphatic rings. The Hall–Kier alpha value is -1.63. The number of benzene rings is 2. The van der Waals surface area contributed by atoms with Crippen LogP contribution in [-0.4, -0.2) is 68.2 Å². The van der Waals surface area contributed by atoms with E-state index in [4.69, 9.17) is 27.9 Å². The van der Waals surface area contributed by atoms with Gasteiger partial charge >= 0.3 is 0 Å². The highest BCUT2D eigenvalue weighted by molar-refractivity contribution is 6.42. The molecule has 0 saturated carbocycles. The summed E-state index contributed by atoms with van der Waals surface area (Å²) in [5, 5.41) is 4.58. The van der Waals surface area contributed by atoms with Crippen molar-refractivity contribution in [2.45, 2.75) is 38.3 Å². The van der Waals surface area contributed by atoms with Crippen LogP contribution in [-0.2, 0) is 16.0 Å². The summed E-state index contributed by atoms with van der Waals surface area (Å²) in [6, 6.07) is 16.1. The van der Waals surface area contributed by atoms with Gasteiger partial charge in [-0.1, -0.05) is 66.5 Å². The number of hydrogen-bond acceptors (Lipinski definition) is 4. The van der Waals surface area contributed by atoms with Gasteiger partial charge in [0.2, 0.25) is 5.91 Å². The molecule has 0 aromatic heterocycles. The van der Waals surface area contributed by atoms with E-state index in [2.05, 4.69) is 29.3 Å². The minimum atomic E-state index is -0.0203. The lowest BCUT2D eigenvalue weighted by Gasteiger charge is -2.32. The Bertz CT molecular complexity index is 881. The first kappa shape index (κ1) is 26.0. The van der Waals surface area contributed by atoms with Crippen molar-refractivity contribution >= 4 is 29.1 Å². The molecule has 180 valence electrons. The molecule has 2 aromatic rings. The minimum absolute atomic E-state index is 0.0203. The van der Waals surface area contributed by atoms with Gasteiger partial charge in [0, 0.05) is 39.3 Å². The van der Waals surface area contributed by atoms with Gasteiger partial charge in [-0.3, -0.25) is 9.69 Å².